The first-order valence-corrected chi connectivity index (χ1v) is 6.59. The van der Waals surface area contributed by atoms with Crippen LogP contribution in [0.15, 0.2) is 24.3 Å². The van der Waals surface area contributed by atoms with Crippen LogP contribution in [0.1, 0.15) is 24.4 Å². The molecule has 1 amide bonds. The zero-order valence-electron chi connectivity index (χ0n) is 10.9. The van der Waals surface area contributed by atoms with Gasteiger partial charge in [0.1, 0.15) is 5.82 Å². The predicted molar refractivity (Wildman–Crippen MR) is 71.7 cm³/mol. The monoisotopic (exact) mass is 265 g/mol. The van der Waals surface area contributed by atoms with Crippen LogP contribution in [-0.2, 0) is 4.79 Å². The van der Waals surface area contributed by atoms with Crippen molar-refractivity contribution < 1.29 is 9.18 Å². The Hall–Kier alpha value is -1.46. The van der Waals surface area contributed by atoms with E-state index < -0.39 is 0 Å². The van der Waals surface area contributed by atoms with Crippen LogP contribution in [0.2, 0.25) is 0 Å². The van der Waals surface area contributed by atoms with Crippen LogP contribution in [-0.4, -0.2) is 30.4 Å². The van der Waals surface area contributed by atoms with Crippen molar-refractivity contribution in [3.8, 4) is 0 Å². The van der Waals surface area contributed by atoms with Gasteiger partial charge in [-0.15, -0.1) is 0 Å². The van der Waals surface area contributed by atoms with E-state index in [0.29, 0.717) is 13.1 Å². The van der Waals surface area contributed by atoms with E-state index in [-0.39, 0.29) is 23.7 Å². The second-order valence-electron chi connectivity index (χ2n) is 5.16. The molecule has 2 rings (SSSR count). The second-order valence-corrected chi connectivity index (χ2v) is 5.16. The summed E-state index contributed by atoms with van der Waals surface area (Å²) in [7, 11) is 0. The number of benzene rings is 1. The van der Waals surface area contributed by atoms with Crippen molar-refractivity contribution in [3.05, 3.63) is 35.6 Å². The van der Waals surface area contributed by atoms with Crippen LogP contribution in [0, 0.1) is 11.7 Å². The molecule has 1 aliphatic rings. The van der Waals surface area contributed by atoms with E-state index in [9.17, 15) is 9.18 Å². The smallest absolute Gasteiger partial charge is 0.221 e. The number of halogens is 1. The minimum absolute atomic E-state index is 0.0894. The summed E-state index contributed by atoms with van der Waals surface area (Å²) in [6.07, 6.45) is 1.80. The Morgan fingerprint density at radius 2 is 2.32 bits per heavy atom. The number of nitrogens with two attached hydrogens (primary N) is 2. The van der Waals surface area contributed by atoms with Gasteiger partial charge >= 0.3 is 0 Å². The second kappa shape index (κ2) is 6.12. The minimum atomic E-state index is -0.276. The summed E-state index contributed by atoms with van der Waals surface area (Å²) in [6.45, 7) is 2.18. The fourth-order valence-electron chi connectivity index (χ4n) is 2.57. The van der Waals surface area contributed by atoms with Gasteiger partial charge in [0.25, 0.3) is 0 Å². The summed E-state index contributed by atoms with van der Waals surface area (Å²) in [5.74, 6) is -0.612. The van der Waals surface area contributed by atoms with E-state index in [4.69, 9.17) is 11.5 Å². The predicted octanol–water partition coefficient (Wildman–Crippen LogP) is 1.02. The molecule has 104 valence electrons. The van der Waals surface area contributed by atoms with Gasteiger partial charge in [0.2, 0.25) is 5.91 Å². The van der Waals surface area contributed by atoms with Gasteiger partial charge in [-0.1, -0.05) is 12.1 Å². The van der Waals surface area contributed by atoms with Gasteiger partial charge in [-0.25, -0.2) is 4.39 Å². The zero-order chi connectivity index (χ0) is 13.8. The molecule has 1 aromatic rings. The molecule has 0 saturated carbocycles. The van der Waals surface area contributed by atoms with E-state index in [1.165, 1.54) is 12.1 Å². The molecule has 0 radical (unpaired) electrons. The molecule has 1 fully saturated rings. The zero-order valence-corrected chi connectivity index (χ0v) is 10.9. The number of primary amides is 1. The van der Waals surface area contributed by atoms with Crippen molar-refractivity contribution in [3.63, 3.8) is 0 Å². The van der Waals surface area contributed by atoms with Crippen molar-refractivity contribution in [2.75, 3.05) is 19.6 Å². The average Bonchev–Trinajstić information content (AvgIpc) is 2.39. The number of likely N-dealkylation sites (tertiary alicyclic amines) is 1. The fourth-order valence-corrected chi connectivity index (χ4v) is 2.57. The molecule has 1 saturated heterocycles. The third-order valence-corrected chi connectivity index (χ3v) is 3.64. The Bertz CT molecular complexity index is 452. The molecule has 0 aliphatic carbocycles. The Morgan fingerprint density at radius 3 is 3.00 bits per heavy atom. The molecule has 0 spiro atoms. The van der Waals surface area contributed by atoms with Crippen LogP contribution in [0.3, 0.4) is 0 Å². The van der Waals surface area contributed by atoms with Crippen molar-refractivity contribution in [2.45, 2.75) is 18.9 Å². The first-order chi connectivity index (χ1) is 9.06. The van der Waals surface area contributed by atoms with Gasteiger partial charge < -0.3 is 16.4 Å². The standard InChI is InChI=1S/C14H20FN3O/c15-12-5-1-3-10(7-12)13(16)9-18-6-2-4-11(8-18)14(17)19/h1,3,5,7,11,13H,2,4,6,8-9,16H2,(H2,17,19). The summed E-state index contributed by atoms with van der Waals surface area (Å²) < 4.78 is 13.1. The summed E-state index contributed by atoms with van der Waals surface area (Å²) in [6, 6.07) is 6.10. The highest BCUT2D eigenvalue weighted by atomic mass is 19.1. The van der Waals surface area contributed by atoms with E-state index in [1.54, 1.807) is 6.07 Å². The normalized spacial score (nSPS) is 22.1. The quantitative estimate of drug-likeness (QED) is 0.854. The third-order valence-electron chi connectivity index (χ3n) is 3.64. The first-order valence-electron chi connectivity index (χ1n) is 6.59. The average molecular weight is 265 g/mol. The molecule has 1 aromatic carbocycles. The molecule has 4 N–H and O–H groups in total. The summed E-state index contributed by atoms with van der Waals surface area (Å²) in [5, 5.41) is 0. The maximum absolute atomic E-state index is 13.1. The van der Waals surface area contributed by atoms with Crippen molar-refractivity contribution in [2.24, 2.45) is 17.4 Å². The molecule has 1 heterocycles. The van der Waals surface area contributed by atoms with E-state index >= 15 is 0 Å². The van der Waals surface area contributed by atoms with Crippen LogP contribution < -0.4 is 11.5 Å². The molecule has 4 nitrogen and oxygen atoms in total. The SMILES string of the molecule is NC(=O)C1CCCN(CC(N)c2cccc(F)c2)C1. The molecule has 0 bridgehead atoms. The number of amides is 1. The highest BCUT2D eigenvalue weighted by molar-refractivity contribution is 5.76. The van der Waals surface area contributed by atoms with Gasteiger partial charge in [-0.2, -0.15) is 0 Å². The molecule has 5 heteroatoms. The Labute approximate surface area is 112 Å². The minimum Gasteiger partial charge on any atom is -0.369 e. The number of hydrogen-bond acceptors (Lipinski definition) is 3. The number of carbonyl (C=O) groups excluding carboxylic acids is 1. The molecular formula is C14H20FN3O. The van der Waals surface area contributed by atoms with Gasteiger partial charge in [0, 0.05) is 19.1 Å². The number of hydrogen-bond donors (Lipinski definition) is 2. The lowest BCUT2D eigenvalue weighted by molar-refractivity contribution is -0.123. The molecule has 2 atom stereocenters. The lowest BCUT2D eigenvalue weighted by Crippen LogP contribution is -2.43. The van der Waals surface area contributed by atoms with E-state index in [0.717, 1.165) is 24.9 Å². The molecular weight excluding hydrogens is 245 g/mol. The fraction of sp³-hybridized carbons (Fsp3) is 0.500. The van der Waals surface area contributed by atoms with Gasteiger partial charge in [-0.05, 0) is 37.1 Å². The lowest BCUT2D eigenvalue weighted by atomic mass is 9.96. The van der Waals surface area contributed by atoms with Gasteiger partial charge in [0.05, 0.1) is 5.92 Å². The van der Waals surface area contributed by atoms with E-state index in [2.05, 4.69) is 4.90 Å². The van der Waals surface area contributed by atoms with Crippen LogP contribution >= 0.6 is 0 Å². The Morgan fingerprint density at radius 1 is 1.53 bits per heavy atom. The maximum Gasteiger partial charge on any atom is 0.221 e. The Balaban J connectivity index is 1.95. The Kier molecular flexibility index (Phi) is 4.50. The maximum atomic E-state index is 13.1. The van der Waals surface area contributed by atoms with Crippen LogP contribution in [0.25, 0.3) is 0 Å². The van der Waals surface area contributed by atoms with Crippen LogP contribution in [0.5, 0.6) is 0 Å². The van der Waals surface area contributed by atoms with Crippen molar-refractivity contribution >= 4 is 5.91 Å². The largest absolute Gasteiger partial charge is 0.369 e. The summed E-state index contributed by atoms with van der Waals surface area (Å²) >= 11 is 0. The number of piperidine rings is 1. The van der Waals surface area contributed by atoms with E-state index in [1.807, 2.05) is 6.07 Å². The molecule has 1 aliphatic heterocycles. The summed E-state index contributed by atoms with van der Waals surface area (Å²) in [5.41, 5.74) is 12.2. The number of nitrogens with zero attached hydrogens (tertiary/aromatic N) is 1. The highest BCUT2D eigenvalue weighted by Gasteiger charge is 2.25. The van der Waals surface area contributed by atoms with Crippen molar-refractivity contribution in [1.29, 1.82) is 0 Å². The van der Waals surface area contributed by atoms with Crippen LogP contribution in [0.4, 0.5) is 4.39 Å². The molecule has 2 unspecified atom stereocenters. The van der Waals surface area contributed by atoms with Gasteiger partial charge in [0.15, 0.2) is 0 Å². The van der Waals surface area contributed by atoms with Crippen molar-refractivity contribution in [1.82, 2.24) is 4.90 Å². The summed E-state index contributed by atoms with van der Waals surface area (Å²) in [4.78, 5) is 13.3. The first kappa shape index (κ1) is 14.0. The number of carbonyl (C=O) groups is 1. The highest BCUT2D eigenvalue weighted by Crippen LogP contribution is 2.19. The van der Waals surface area contributed by atoms with Gasteiger partial charge in [-0.3, -0.25) is 4.79 Å². The third kappa shape index (κ3) is 3.75. The topological polar surface area (TPSA) is 72.4 Å². The lowest BCUT2D eigenvalue weighted by Gasteiger charge is -2.32. The number of rotatable bonds is 4. The molecule has 0 aromatic heterocycles. The molecule has 19 heavy (non-hydrogen) atoms.